The summed E-state index contributed by atoms with van der Waals surface area (Å²) in [5.74, 6) is -0.352. The summed E-state index contributed by atoms with van der Waals surface area (Å²) >= 11 is 0. The van der Waals surface area contributed by atoms with Crippen LogP contribution < -0.4 is 16.0 Å². The number of nitrogens with zero attached hydrogens (tertiary/aromatic N) is 1. The second-order valence-electron chi connectivity index (χ2n) is 8.26. The standard InChI is InChI=1S/C24H32N4O2/c29-23-20-8-1-6-18-7-2-9-21(22(18)20)24(30)28(23)17-5-15-26-13-3-12-25-14-4-16-27-19-10-11-19/h1-2,6-9,19,25-27H,3-5,10-17H2. The van der Waals surface area contributed by atoms with Gasteiger partial charge in [0.15, 0.2) is 0 Å². The number of imide groups is 1. The SMILES string of the molecule is O=C1c2cccc3cccc(c23)C(=O)N1CCCNCCCNCCCNC1CC1. The van der Waals surface area contributed by atoms with Crippen LogP contribution in [0.1, 0.15) is 52.8 Å². The number of hydrogen-bond acceptors (Lipinski definition) is 5. The molecule has 1 aliphatic heterocycles. The van der Waals surface area contributed by atoms with Gasteiger partial charge < -0.3 is 16.0 Å². The van der Waals surface area contributed by atoms with E-state index in [2.05, 4.69) is 16.0 Å². The van der Waals surface area contributed by atoms with Crippen LogP contribution in [0.3, 0.4) is 0 Å². The fourth-order valence-corrected chi connectivity index (χ4v) is 4.04. The number of nitrogens with one attached hydrogen (secondary N) is 3. The van der Waals surface area contributed by atoms with E-state index in [0.29, 0.717) is 17.7 Å². The fraction of sp³-hybridized carbons (Fsp3) is 0.500. The van der Waals surface area contributed by atoms with E-state index >= 15 is 0 Å². The molecule has 0 unspecified atom stereocenters. The first-order valence-corrected chi connectivity index (χ1v) is 11.3. The summed E-state index contributed by atoms with van der Waals surface area (Å²) in [7, 11) is 0. The van der Waals surface area contributed by atoms with Crippen molar-refractivity contribution in [3.05, 3.63) is 47.5 Å². The van der Waals surface area contributed by atoms with Gasteiger partial charge >= 0.3 is 0 Å². The minimum absolute atomic E-state index is 0.176. The van der Waals surface area contributed by atoms with Gasteiger partial charge in [0, 0.05) is 29.1 Å². The van der Waals surface area contributed by atoms with Crippen LogP contribution in [-0.2, 0) is 0 Å². The first-order valence-electron chi connectivity index (χ1n) is 11.3. The Morgan fingerprint density at radius 1 is 0.767 bits per heavy atom. The topological polar surface area (TPSA) is 73.5 Å². The zero-order valence-electron chi connectivity index (χ0n) is 17.6. The molecule has 1 fully saturated rings. The van der Waals surface area contributed by atoms with Crippen LogP contribution >= 0.6 is 0 Å². The normalized spacial score (nSPS) is 15.9. The van der Waals surface area contributed by atoms with E-state index < -0.39 is 0 Å². The van der Waals surface area contributed by atoms with E-state index in [1.807, 2.05) is 36.4 Å². The average Bonchev–Trinajstić information content (AvgIpc) is 3.59. The minimum atomic E-state index is -0.176. The Hall–Kier alpha value is -2.28. The van der Waals surface area contributed by atoms with Crippen molar-refractivity contribution in [3.63, 3.8) is 0 Å². The van der Waals surface area contributed by atoms with Crippen LogP contribution in [0, 0.1) is 0 Å². The predicted octanol–water partition coefficient (Wildman–Crippen LogP) is 2.54. The van der Waals surface area contributed by atoms with E-state index in [4.69, 9.17) is 0 Å². The van der Waals surface area contributed by atoms with Gasteiger partial charge in [-0.15, -0.1) is 0 Å². The maximum absolute atomic E-state index is 12.8. The Morgan fingerprint density at radius 3 is 1.93 bits per heavy atom. The van der Waals surface area contributed by atoms with Crippen molar-refractivity contribution in [2.75, 3.05) is 39.3 Å². The molecule has 3 N–H and O–H groups in total. The predicted molar refractivity (Wildman–Crippen MR) is 120 cm³/mol. The third kappa shape index (κ3) is 5.06. The maximum Gasteiger partial charge on any atom is 0.261 e. The Morgan fingerprint density at radius 2 is 1.33 bits per heavy atom. The molecule has 6 nitrogen and oxygen atoms in total. The molecule has 6 heteroatoms. The van der Waals surface area contributed by atoms with Gasteiger partial charge in [0.25, 0.3) is 11.8 Å². The summed E-state index contributed by atoms with van der Waals surface area (Å²) in [6.45, 7) is 5.38. The molecule has 2 aliphatic rings. The summed E-state index contributed by atoms with van der Waals surface area (Å²) in [6.07, 6.45) is 5.72. The van der Waals surface area contributed by atoms with Gasteiger partial charge in [0.05, 0.1) is 0 Å². The maximum atomic E-state index is 12.8. The molecule has 0 bridgehead atoms. The lowest BCUT2D eigenvalue weighted by Gasteiger charge is -2.27. The van der Waals surface area contributed by atoms with Crippen LogP contribution in [0.4, 0.5) is 0 Å². The van der Waals surface area contributed by atoms with Crippen LogP contribution in [0.15, 0.2) is 36.4 Å². The highest BCUT2D eigenvalue weighted by Gasteiger charge is 2.31. The van der Waals surface area contributed by atoms with Gasteiger partial charge in [0.2, 0.25) is 0 Å². The van der Waals surface area contributed by atoms with Crippen LogP contribution in [-0.4, -0.2) is 62.0 Å². The molecule has 4 rings (SSSR count). The summed E-state index contributed by atoms with van der Waals surface area (Å²) in [5, 5.41) is 12.2. The molecule has 0 radical (unpaired) electrons. The smallest absolute Gasteiger partial charge is 0.261 e. The van der Waals surface area contributed by atoms with Gasteiger partial charge in [-0.1, -0.05) is 24.3 Å². The van der Waals surface area contributed by atoms with Crippen molar-refractivity contribution in [1.82, 2.24) is 20.9 Å². The van der Waals surface area contributed by atoms with Gasteiger partial charge in [-0.25, -0.2) is 0 Å². The van der Waals surface area contributed by atoms with Gasteiger partial charge in [-0.05, 0) is 82.3 Å². The molecule has 2 aromatic rings. The molecule has 0 aromatic heterocycles. The third-order valence-corrected chi connectivity index (χ3v) is 5.84. The monoisotopic (exact) mass is 408 g/mol. The summed E-state index contributed by atoms with van der Waals surface area (Å²) in [6, 6.07) is 12.1. The Labute approximate surface area is 178 Å². The van der Waals surface area contributed by atoms with E-state index in [-0.39, 0.29) is 11.8 Å². The molecular weight excluding hydrogens is 376 g/mol. The van der Waals surface area contributed by atoms with Crippen molar-refractivity contribution in [3.8, 4) is 0 Å². The molecule has 30 heavy (non-hydrogen) atoms. The second kappa shape index (κ2) is 10.2. The minimum Gasteiger partial charge on any atom is -0.317 e. The molecule has 0 atom stereocenters. The van der Waals surface area contributed by atoms with Crippen LogP contribution in [0.25, 0.3) is 10.8 Å². The number of amides is 2. The quantitative estimate of drug-likeness (QED) is 0.351. The number of hydrogen-bond donors (Lipinski definition) is 3. The molecule has 0 saturated heterocycles. The van der Waals surface area contributed by atoms with Crippen molar-refractivity contribution in [1.29, 1.82) is 0 Å². The first-order chi connectivity index (χ1) is 14.8. The third-order valence-electron chi connectivity index (χ3n) is 5.84. The van der Waals surface area contributed by atoms with E-state index in [0.717, 1.165) is 62.4 Å². The zero-order valence-corrected chi connectivity index (χ0v) is 17.6. The molecule has 1 saturated carbocycles. The highest BCUT2D eigenvalue weighted by molar-refractivity contribution is 6.25. The number of carbonyl (C=O) groups excluding carboxylic acids is 2. The summed E-state index contributed by atoms with van der Waals surface area (Å²) in [5.41, 5.74) is 1.27. The van der Waals surface area contributed by atoms with Gasteiger partial charge in [0.1, 0.15) is 0 Å². The number of benzene rings is 2. The lowest BCUT2D eigenvalue weighted by atomic mass is 9.94. The molecule has 1 aliphatic carbocycles. The summed E-state index contributed by atoms with van der Waals surface area (Å²) in [4.78, 5) is 27.1. The fourth-order valence-electron chi connectivity index (χ4n) is 4.04. The van der Waals surface area contributed by atoms with Crippen molar-refractivity contribution >= 4 is 22.6 Å². The second-order valence-corrected chi connectivity index (χ2v) is 8.26. The molecule has 0 spiro atoms. The van der Waals surface area contributed by atoms with Crippen molar-refractivity contribution < 1.29 is 9.59 Å². The largest absolute Gasteiger partial charge is 0.317 e. The number of rotatable bonds is 13. The Balaban J connectivity index is 1.12. The average molecular weight is 409 g/mol. The van der Waals surface area contributed by atoms with Crippen molar-refractivity contribution in [2.45, 2.75) is 38.1 Å². The lowest BCUT2D eigenvalue weighted by Crippen LogP contribution is -2.41. The molecular formula is C24H32N4O2. The van der Waals surface area contributed by atoms with Gasteiger partial charge in [-0.3, -0.25) is 14.5 Å². The van der Waals surface area contributed by atoms with Gasteiger partial charge in [-0.2, -0.15) is 0 Å². The molecule has 160 valence electrons. The molecule has 1 heterocycles. The van der Waals surface area contributed by atoms with E-state index in [9.17, 15) is 9.59 Å². The van der Waals surface area contributed by atoms with Crippen LogP contribution in [0.2, 0.25) is 0 Å². The Kier molecular flexibility index (Phi) is 7.10. The number of carbonyl (C=O) groups is 2. The summed E-state index contributed by atoms with van der Waals surface area (Å²) < 4.78 is 0. The van der Waals surface area contributed by atoms with Crippen molar-refractivity contribution in [2.24, 2.45) is 0 Å². The highest BCUT2D eigenvalue weighted by atomic mass is 16.2. The Bertz CT molecular complexity index is 843. The molecule has 2 amide bonds. The van der Waals surface area contributed by atoms with E-state index in [1.54, 1.807) is 0 Å². The first kappa shape index (κ1) is 21.0. The molecule has 2 aromatic carbocycles. The lowest BCUT2D eigenvalue weighted by molar-refractivity contribution is 0.0609. The van der Waals surface area contributed by atoms with E-state index in [1.165, 1.54) is 24.2 Å². The highest BCUT2D eigenvalue weighted by Crippen LogP contribution is 2.29. The van der Waals surface area contributed by atoms with Crippen LogP contribution in [0.5, 0.6) is 0 Å². The zero-order chi connectivity index (χ0) is 20.8.